The number of hydrogen-bond donors (Lipinski definition) is 0. The molecular formula is C28H27N3O4. The highest BCUT2D eigenvalue weighted by atomic mass is 16.5. The number of rotatable bonds is 6. The SMILES string of the molecule is COc1ccc(-c2cnc(-c3ccccc3C(=O)N3CCN(c4ccccc4)CC3)o2)c(OC)c1. The molecule has 5 rings (SSSR count). The zero-order valence-corrected chi connectivity index (χ0v) is 19.8. The molecule has 35 heavy (non-hydrogen) atoms. The first-order valence-electron chi connectivity index (χ1n) is 11.5. The molecule has 1 saturated heterocycles. The molecule has 1 fully saturated rings. The van der Waals surface area contributed by atoms with Crippen molar-refractivity contribution < 1.29 is 18.7 Å². The quantitative estimate of drug-likeness (QED) is 0.396. The van der Waals surface area contributed by atoms with E-state index in [4.69, 9.17) is 13.9 Å². The minimum atomic E-state index is -0.0184. The van der Waals surface area contributed by atoms with Crippen molar-refractivity contribution in [3.05, 3.63) is 84.6 Å². The summed E-state index contributed by atoms with van der Waals surface area (Å²) < 4.78 is 16.9. The van der Waals surface area contributed by atoms with Crippen LogP contribution in [0.3, 0.4) is 0 Å². The van der Waals surface area contributed by atoms with Gasteiger partial charge >= 0.3 is 0 Å². The van der Waals surface area contributed by atoms with Crippen molar-refractivity contribution in [3.63, 3.8) is 0 Å². The van der Waals surface area contributed by atoms with Crippen LogP contribution in [0.2, 0.25) is 0 Å². The van der Waals surface area contributed by atoms with Crippen LogP contribution in [-0.4, -0.2) is 56.2 Å². The zero-order valence-electron chi connectivity index (χ0n) is 19.8. The lowest BCUT2D eigenvalue weighted by molar-refractivity contribution is 0.0747. The molecule has 0 radical (unpaired) electrons. The van der Waals surface area contributed by atoms with Gasteiger partial charge < -0.3 is 23.7 Å². The summed E-state index contributed by atoms with van der Waals surface area (Å²) in [5.74, 6) is 2.24. The fourth-order valence-corrected chi connectivity index (χ4v) is 4.36. The van der Waals surface area contributed by atoms with Gasteiger partial charge in [-0.2, -0.15) is 0 Å². The van der Waals surface area contributed by atoms with E-state index >= 15 is 0 Å². The van der Waals surface area contributed by atoms with Gasteiger partial charge in [-0.3, -0.25) is 4.79 Å². The molecule has 7 heteroatoms. The second-order valence-corrected chi connectivity index (χ2v) is 8.26. The monoisotopic (exact) mass is 469 g/mol. The molecule has 1 aliphatic rings. The van der Waals surface area contributed by atoms with Crippen LogP contribution in [0, 0.1) is 0 Å². The molecule has 0 aliphatic carbocycles. The standard InChI is InChI=1S/C28H27N3O4/c1-33-21-12-13-24(25(18-21)34-2)26-19-29-27(35-26)22-10-6-7-11-23(22)28(32)31-16-14-30(15-17-31)20-8-4-3-5-9-20/h3-13,18-19H,14-17H2,1-2H3. The molecular weight excluding hydrogens is 442 g/mol. The Morgan fingerprint density at radius 3 is 2.34 bits per heavy atom. The van der Waals surface area contributed by atoms with E-state index in [1.165, 1.54) is 5.69 Å². The molecule has 0 spiro atoms. The molecule has 1 amide bonds. The Morgan fingerprint density at radius 1 is 0.857 bits per heavy atom. The van der Waals surface area contributed by atoms with Crippen LogP contribution in [0.4, 0.5) is 5.69 Å². The van der Waals surface area contributed by atoms with Gasteiger partial charge in [0.2, 0.25) is 5.89 Å². The molecule has 2 heterocycles. The van der Waals surface area contributed by atoms with Crippen LogP contribution in [0.1, 0.15) is 10.4 Å². The average Bonchev–Trinajstić information content (AvgIpc) is 3.43. The molecule has 4 aromatic rings. The highest BCUT2D eigenvalue weighted by molar-refractivity contribution is 6.00. The van der Waals surface area contributed by atoms with Gasteiger partial charge in [0.15, 0.2) is 5.76 Å². The Kier molecular flexibility index (Phi) is 6.39. The van der Waals surface area contributed by atoms with E-state index in [0.29, 0.717) is 47.4 Å². The Hall–Kier alpha value is -4.26. The highest BCUT2D eigenvalue weighted by Crippen LogP contribution is 2.36. The predicted molar refractivity (Wildman–Crippen MR) is 135 cm³/mol. The smallest absolute Gasteiger partial charge is 0.254 e. The van der Waals surface area contributed by atoms with Gasteiger partial charge in [-0.25, -0.2) is 4.98 Å². The van der Waals surface area contributed by atoms with Gasteiger partial charge in [0.05, 0.1) is 31.5 Å². The number of methoxy groups -OCH3 is 2. The maximum absolute atomic E-state index is 13.5. The lowest BCUT2D eigenvalue weighted by Crippen LogP contribution is -2.48. The van der Waals surface area contributed by atoms with Crippen molar-refractivity contribution >= 4 is 11.6 Å². The minimum Gasteiger partial charge on any atom is -0.497 e. The summed E-state index contributed by atoms with van der Waals surface area (Å²) in [6, 6.07) is 23.2. The number of carbonyl (C=O) groups excluding carboxylic acids is 1. The van der Waals surface area contributed by atoms with E-state index < -0.39 is 0 Å². The number of carbonyl (C=O) groups is 1. The minimum absolute atomic E-state index is 0.0184. The van der Waals surface area contributed by atoms with E-state index in [9.17, 15) is 4.79 Å². The van der Waals surface area contributed by atoms with Crippen molar-refractivity contribution in [1.82, 2.24) is 9.88 Å². The van der Waals surface area contributed by atoms with Gasteiger partial charge in [0.25, 0.3) is 5.91 Å². The maximum Gasteiger partial charge on any atom is 0.254 e. The van der Waals surface area contributed by atoms with Gasteiger partial charge in [-0.15, -0.1) is 0 Å². The number of para-hydroxylation sites is 1. The average molecular weight is 470 g/mol. The number of amides is 1. The van der Waals surface area contributed by atoms with E-state index in [-0.39, 0.29) is 5.91 Å². The largest absolute Gasteiger partial charge is 0.497 e. The second kappa shape index (κ2) is 9.93. The lowest BCUT2D eigenvalue weighted by Gasteiger charge is -2.36. The van der Waals surface area contributed by atoms with Crippen molar-refractivity contribution in [2.24, 2.45) is 0 Å². The molecule has 7 nitrogen and oxygen atoms in total. The number of benzene rings is 3. The number of anilines is 1. The summed E-state index contributed by atoms with van der Waals surface area (Å²) in [5.41, 5.74) is 3.19. The number of hydrogen-bond acceptors (Lipinski definition) is 6. The van der Waals surface area contributed by atoms with Gasteiger partial charge in [-0.1, -0.05) is 30.3 Å². The Bertz CT molecular complexity index is 1310. The van der Waals surface area contributed by atoms with Crippen molar-refractivity contribution in [2.75, 3.05) is 45.3 Å². The van der Waals surface area contributed by atoms with Crippen molar-refractivity contribution in [1.29, 1.82) is 0 Å². The number of nitrogens with zero attached hydrogens (tertiary/aromatic N) is 3. The van der Waals surface area contributed by atoms with Crippen molar-refractivity contribution in [2.45, 2.75) is 0 Å². The first-order valence-corrected chi connectivity index (χ1v) is 11.5. The van der Waals surface area contributed by atoms with Crippen LogP contribution in [0.5, 0.6) is 11.5 Å². The normalized spacial score (nSPS) is 13.5. The summed E-state index contributed by atoms with van der Waals surface area (Å²) in [7, 11) is 3.21. The van der Waals surface area contributed by atoms with E-state index in [2.05, 4.69) is 22.0 Å². The molecule has 0 N–H and O–H groups in total. The molecule has 0 unspecified atom stereocenters. The van der Waals surface area contributed by atoms with Gasteiger partial charge in [-0.05, 0) is 36.4 Å². The Labute approximate surface area is 204 Å². The third kappa shape index (κ3) is 4.57. The van der Waals surface area contributed by atoms with E-state index in [0.717, 1.165) is 18.7 Å². The van der Waals surface area contributed by atoms with Crippen LogP contribution >= 0.6 is 0 Å². The fraction of sp³-hybridized carbons (Fsp3) is 0.214. The summed E-state index contributed by atoms with van der Waals surface area (Å²) >= 11 is 0. The predicted octanol–water partition coefficient (Wildman–Crippen LogP) is 4.99. The topological polar surface area (TPSA) is 68.0 Å². The summed E-state index contributed by atoms with van der Waals surface area (Å²) in [6.45, 7) is 2.89. The summed E-state index contributed by atoms with van der Waals surface area (Å²) in [5, 5.41) is 0. The Balaban J connectivity index is 1.37. The molecule has 0 atom stereocenters. The summed E-state index contributed by atoms with van der Waals surface area (Å²) in [4.78, 5) is 22.2. The van der Waals surface area contributed by atoms with Gasteiger partial charge in [0.1, 0.15) is 11.5 Å². The molecule has 3 aromatic carbocycles. The third-order valence-corrected chi connectivity index (χ3v) is 6.26. The molecule has 1 aliphatic heterocycles. The number of aromatic nitrogens is 1. The van der Waals surface area contributed by atoms with E-state index in [1.807, 2.05) is 59.5 Å². The number of oxazole rings is 1. The van der Waals surface area contributed by atoms with Crippen LogP contribution < -0.4 is 14.4 Å². The molecule has 178 valence electrons. The zero-order chi connectivity index (χ0) is 24.2. The van der Waals surface area contributed by atoms with Crippen LogP contribution in [-0.2, 0) is 0 Å². The first kappa shape index (κ1) is 22.5. The number of piperazine rings is 1. The Morgan fingerprint density at radius 2 is 1.60 bits per heavy atom. The van der Waals surface area contributed by atoms with Crippen LogP contribution in [0.25, 0.3) is 22.8 Å². The van der Waals surface area contributed by atoms with Gasteiger partial charge in [0, 0.05) is 43.5 Å². The molecule has 1 aromatic heterocycles. The van der Waals surface area contributed by atoms with E-state index in [1.54, 1.807) is 26.5 Å². The molecule has 0 saturated carbocycles. The summed E-state index contributed by atoms with van der Waals surface area (Å²) in [6.07, 6.45) is 1.65. The first-order chi connectivity index (χ1) is 17.2. The highest BCUT2D eigenvalue weighted by Gasteiger charge is 2.25. The maximum atomic E-state index is 13.5. The number of ether oxygens (including phenoxy) is 2. The van der Waals surface area contributed by atoms with Crippen LogP contribution in [0.15, 0.2) is 83.4 Å². The molecule has 0 bridgehead atoms. The third-order valence-electron chi connectivity index (χ3n) is 6.26. The second-order valence-electron chi connectivity index (χ2n) is 8.26. The van der Waals surface area contributed by atoms with Crippen molar-refractivity contribution in [3.8, 4) is 34.3 Å². The lowest BCUT2D eigenvalue weighted by atomic mass is 10.1. The fourth-order valence-electron chi connectivity index (χ4n) is 4.36.